The predicted molar refractivity (Wildman–Crippen MR) is 131 cm³/mol. The van der Waals surface area contributed by atoms with Crippen LogP contribution in [0.4, 0.5) is 4.79 Å². The van der Waals surface area contributed by atoms with Crippen LogP contribution in [-0.2, 0) is 20.9 Å². The van der Waals surface area contributed by atoms with Gasteiger partial charge in [0.05, 0.1) is 6.10 Å². The number of benzene rings is 3. The predicted octanol–water partition coefficient (Wildman–Crippen LogP) is 2.46. The van der Waals surface area contributed by atoms with E-state index in [1.54, 1.807) is 12.1 Å². The van der Waals surface area contributed by atoms with E-state index in [0.29, 0.717) is 0 Å². The fourth-order valence-electron chi connectivity index (χ4n) is 3.76. The van der Waals surface area contributed by atoms with Gasteiger partial charge in [0.25, 0.3) is 0 Å². The number of aliphatic hydroxyl groups excluding tert-OH is 1. The molecule has 0 fully saturated rings. The van der Waals surface area contributed by atoms with Crippen molar-refractivity contribution in [2.45, 2.75) is 37.6 Å². The number of carbonyl (C=O) groups is 3. The van der Waals surface area contributed by atoms with Gasteiger partial charge in [-0.05, 0) is 23.6 Å². The van der Waals surface area contributed by atoms with Gasteiger partial charge in [-0.3, -0.25) is 9.59 Å². The maximum absolute atomic E-state index is 13.1. The molecule has 0 aliphatic rings. The molecule has 0 aliphatic carbocycles. The van der Waals surface area contributed by atoms with Gasteiger partial charge in [-0.2, -0.15) is 0 Å². The summed E-state index contributed by atoms with van der Waals surface area (Å²) in [5.41, 5.74) is 8.03. The highest BCUT2D eigenvalue weighted by Crippen LogP contribution is 2.28. The maximum atomic E-state index is 13.1. The summed E-state index contributed by atoms with van der Waals surface area (Å²) in [6.45, 7) is 1.35. The number of alkyl carbamates (subject to hydrolysis) is 1. The summed E-state index contributed by atoms with van der Waals surface area (Å²) in [7, 11) is 0. The summed E-state index contributed by atoms with van der Waals surface area (Å²) in [6.07, 6.45) is -2.15. The van der Waals surface area contributed by atoms with Crippen molar-refractivity contribution in [3.8, 4) is 0 Å². The molecule has 3 aromatic rings. The molecule has 5 N–H and O–H groups in total. The third-order valence-electron chi connectivity index (χ3n) is 5.51. The van der Waals surface area contributed by atoms with Crippen molar-refractivity contribution in [1.29, 1.82) is 0 Å². The first-order chi connectivity index (χ1) is 16.9. The van der Waals surface area contributed by atoms with Gasteiger partial charge >= 0.3 is 6.09 Å². The van der Waals surface area contributed by atoms with Crippen molar-refractivity contribution in [2.75, 3.05) is 0 Å². The van der Waals surface area contributed by atoms with Crippen LogP contribution in [0.25, 0.3) is 0 Å². The number of rotatable bonds is 10. The second-order valence-corrected chi connectivity index (χ2v) is 8.11. The summed E-state index contributed by atoms with van der Waals surface area (Å²) in [5.74, 6) is -2.11. The Morgan fingerprint density at radius 2 is 1.29 bits per heavy atom. The maximum Gasteiger partial charge on any atom is 0.408 e. The molecule has 0 bridgehead atoms. The molecule has 8 heteroatoms. The topological polar surface area (TPSA) is 131 Å². The molecule has 182 valence electrons. The molecule has 0 unspecified atom stereocenters. The van der Waals surface area contributed by atoms with E-state index >= 15 is 0 Å². The number of nitrogens with two attached hydrogens (primary N) is 1. The lowest BCUT2D eigenvalue weighted by Crippen LogP contribution is -2.58. The van der Waals surface area contributed by atoms with Gasteiger partial charge in [0, 0.05) is 5.92 Å². The first-order valence-electron chi connectivity index (χ1n) is 11.2. The van der Waals surface area contributed by atoms with Crippen molar-refractivity contribution < 1.29 is 24.2 Å². The summed E-state index contributed by atoms with van der Waals surface area (Å²) >= 11 is 0. The summed E-state index contributed by atoms with van der Waals surface area (Å²) in [6, 6.07) is 24.9. The van der Waals surface area contributed by atoms with Crippen LogP contribution in [0.3, 0.4) is 0 Å². The molecule has 3 atom stereocenters. The summed E-state index contributed by atoms with van der Waals surface area (Å²) < 4.78 is 5.16. The zero-order valence-electron chi connectivity index (χ0n) is 19.3. The third-order valence-corrected chi connectivity index (χ3v) is 5.51. The van der Waals surface area contributed by atoms with E-state index in [9.17, 15) is 19.5 Å². The number of ether oxygens (including phenoxy) is 1. The Morgan fingerprint density at radius 3 is 1.74 bits per heavy atom. The fourth-order valence-corrected chi connectivity index (χ4v) is 3.76. The Bertz CT molecular complexity index is 1070. The minimum atomic E-state index is -1.37. The van der Waals surface area contributed by atoms with E-state index in [1.807, 2.05) is 78.9 Å². The molecule has 0 radical (unpaired) electrons. The Labute approximate surface area is 204 Å². The van der Waals surface area contributed by atoms with Crippen LogP contribution in [-0.4, -0.2) is 41.2 Å². The highest BCUT2D eigenvalue weighted by molar-refractivity contribution is 5.92. The van der Waals surface area contributed by atoms with Gasteiger partial charge < -0.3 is 26.2 Å². The second-order valence-electron chi connectivity index (χ2n) is 8.11. The standard InChI is InChI=1S/C27H29N3O5/c1-18(31)23(30-27(34)35-17-19-11-5-2-6-12-19)26(33)29-24(25(28)32)22(20-13-7-3-8-14-20)21-15-9-4-10-16-21/h2-16,18,22-24,31H,17H2,1H3,(H2,28,32)(H,29,33)(H,30,34)/t18-,23+,24-/m1/s1. The van der Waals surface area contributed by atoms with Gasteiger partial charge in [-0.1, -0.05) is 91.0 Å². The fraction of sp³-hybridized carbons (Fsp3) is 0.222. The van der Waals surface area contributed by atoms with Crippen LogP contribution in [0.5, 0.6) is 0 Å². The molecule has 0 saturated heterocycles. The van der Waals surface area contributed by atoms with E-state index in [4.69, 9.17) is 10.5 Å². The number of nitrogens with one attached hydrogen (secondary N) is 2. The number of hydrogen-bond acceptors (Lipinski definition) is 5. The molecule has 3 rings (SSSR count). The second kappa shape index (κ2) is 12.3. The Balaban J connectivity index is 1.78. The monoisotopic (exact) mass is 475 g/mol. The van der Waals surface area contributed by atoms with Crippen molar-refractivity contribution in [2.24, 2.45) is 5.73 Å². The average Bonchev–Trinajstić information content (AvgIpc) is 2.87. The molecular formula is C27H29N3O5. The smallest absolute Gasteiger partial charge is 0.408 e. The van der Waals surface area contributed by atoms with E-state index in [2.05, 4.69) is 10.6 Å². The number of aliphatic hydroxyl groups is 1. The quantitative estimate of drug-likeness (QED) is 0.358. The Kier molecular flexibility index (Phi) is 8.97. The SMILES string of the molecule is C[C@@H](O)[C@H](NC(=O)OCc1ccccc1)C(=O)N[C@@H](C(N)=O)C(c1ccccc1)c1ccccc1. The minimum absolute atomic E-state index is 0.00514. The van der Waals surface area contributed by atoms with Crippen molar-refractivity contribution in [3.05, 3.63) is 108 Å². The number of amides is 3. The first-order valence-corrected chi connectivity index (χ1v) is 11.2. The van der Waals surface area contributed by atoms with Gasteiger partial charge in [0.1, 0.15) is 18.7 Å². The van der Waals surface area contributed by atoms with Crippen LogP contribution in [0.15, 0.2) is 91.0 Å². The molecule has 8 nitrogen and oxygen atoms in total. The molecule has 0 saturated carbocycles. The zero-order valence-corrected chi connectivity index (χ0v) is 19.3. The molecule has 35 heavy (non-hydrogen) atoms. The van der Waals surface area contributed by atoms with Crippen LogP contribution >= 0.6 is 0 Å². The molecule has 0 aliphatic heterocycles. The third kappa shape index (κ3) is 7.15. The van der Waals surface area contributed by atoms with E-state index in [-0.39, 0.29) is 6.61 Å². The van der Waals surface area contributed by atoms with Gasteiger partial charge in [0.15, 0.2) is 0 Å². The summed E-state index contributed by atoms with van der Waals surface area (Å²) in [5, 5.41) is 15.2. The molecule has 0 heterocycles. The van der Waals surface area contributed by atoms with Gasteiger partial charge in [0.2, 0.25) is 11.8 Å². The molecular weight excluding hydrogens is 446 g/mol. The highest BCUT2D eigenvalue weighted by atomic mass is 16.5. The lowest BCUT2D eigenvalue weighted by molar-refractivity contribution is -0.130. The number of primary amides is 1. The average molecular weight is 476 g/mol. The number of hydrogen-bond donors (Lipinski definition) is 4. The summed E-state index contributed by atoms with van der Waals surface area (Å²) in [4.78, 5) is 38.0. The lowest BCUT2D eigenvalue weighted by Gasteiger charge is -2.29. The molecule has 0 spiro atoms. The lowest BCUT2D eigenvalue weighted by atomic mass is 9.84. The first kappa shape index (κ1) is 25.5. The zero-order chi connectivity index (χ0) is 25.2. The highest BCUT2D eigenvalue weighted by Gasteiger charge is 2.35. The van der Waals surface area contributed by atoms with E-state index in [1.165, 1.54) is 6.92 Å². The minimum Gasteiger partial charge on any atom is -0.445 e. The van der Waals surface area contributed by atoms with Crippen molar-refractivity contribution in [3.63, 3.8) is 0 Å². The van der Waals surface area contributed by atoms with Gasteiger partial charge in [-0.25, -0.2) is 4.79 Å². The van der Waals surface area contributed by atoms with Crippen LogP contribution < -0.4 is 16.4 Å². The Morgan fingerprint density at radius 1 is 0.800 bits per heavy atom. The van der Waals surface area contributed by atoms with Crippen LogP contribution in [0.2, 0.25) is 0 Å². The largest absolute Gasteiger partial charge is 0.445 e. The van der Waals surface area contributed by atoms with E-state index in [0.717, 1.165) is 16.7 Å². The van der Waals surface area contributed by atoms with Crippen LogP contribution in [0, 0.1) is 0 Å². The Hall–Kier alpha value is -4.17. The molecule has 0 aromatic heterocycles. The van der Waals surface area contributed by atoms with Crippen molar-refractivity contribution in [1.82, 2.24) is 10.6 Å². The molecule has 3 amide bonds. The van der Waals surface area contributed by atoms with Gasteiger partial charge in [-0.15, -0.1) is 0 Å². The van der Waals surface area contributed by atoms with Crippen molar-refractivity contribution >= 4 is 17.9 Å². The molecule has 3 aromatic carbocycles. The number of carbonyl (C=O) groups excluding carboxylic acids is 3. The van der Waals surface area contributed by atoms with E-state index < -0.39 is 42.0 Å². The van der Waals surface area contributed by atoms with Crippen LogP contribution in [0.1, 0.15) is 29.5 Å². The normalized spacial score (nSPS) is 13.3.